The SMILES string of the molecule is CC(C)(C)OC(=O)NC(CCCS(C)(=O)=O)c1ccc2nc(CCl)[nH]c2c1. The monoisotopic (exact) mass is 415 g/mol. The van der Waals surface area contributed by atoms with Crippen LogP contribution in [0.5, 0.6) is 0 Å². The molecule has 1 aromatic heterocycles. The summed E-state index contributed by atoms with van der Waals surface area (Å²) in [5.74, 6) is 0.998. The van der Waals surface area contributed by atoms with E-state index in [2.05, 4.69) is 15.3 Å². The van der Waals surface area contributed by atoms with E-state index in [1.54, 1.807) is 20.8 Å². The second-order valence-electron chi connectivity index (χ2n) is 7.56. The molecule has 0 bridgehead atoms. The number of carbonyl (C=O) groups is 1. The van der Waals surface area contributed by atoms with Crippen molar-refractivity contribution in [3.8, 4) is 0 Å². The number of alkyl carbamates (subject to hydrolysis) is 1. The summed E-state index contributed by atoms with van der Waals surface area (Å²) >= 11 is 5.82. The molecular weight excluding hydrogens is 390 g/mol. The number of nitrogens with one attached hydrogen (secondary N) is 2. The van der Waals surface area contributed by atoms with Gasteiger partial charge in [0.2, 0.25) is 0 Å². The van der Waals surface area contributed by atoms with Crippen LogP contribution in [0, 0.1) is 0 Å². The molecule has 150 valence electrons. The molecule has 0 aliphatic heterocycles. The van der Waals surface area contributed by atoms with E-state index in [-0.39, 0.29) is 17.7 Å². The lowest BCUT2D eigenvalue weighted by Gasteiger charge is -2.24. The van der Waals surface area contributed by atoms with E-state index in [1.165, 1.54) is 6.26 Å². The maximum Gasteiger partial charge on any atom is 0.408 e. The van der Waals surface area contributed by atoms with E-state index in [9.17, 15) is 13.2 Å². The number of hydrogen-bond donors (Lipinski definition) is 2. The van der Waals surface area contributed by atoms with Gasteiger partial charge >= 0.3 is 6.09 Å². The van der Waals surface area contributed by atoms with Crippen LogP contribution in [0.1, 0.15) is 51.0 Å². The summed E-state index contributed by atoms with van der Waals surface area (Å²) in [6.07, 6.45) is 1.55. The average molecular weight is 416 g/mol. The zero-order valence-corrected chi connectivity index (χ0v) is 17.6. The molecule has 2 N–H and O–H groups in total. The number of imidazole rings is 1. The molecule has 0 aliphatic rings. The molecule has 27 heavy (non-hydrogen) atoms. The Balaban J connectivity index is 2.22. The predicted molar refractivity (Wildman–Crippen MR) is 107 cm³/mol. The van der Waals surface area contributed by atoms with Crippen molar-refractivity contribution >= 4 is 38.6 Å². The van der Waals surface area contributed by atoms with Gasteiger partial charge in [0.1, 0.15) is 21.3 Å². The first kappa shape index (κ1) is 21.5. The number of nitrogens with zero attached hydrogens (tertiary/aromatic N) is 1. The number of alkyl halides is 1. The molecule has 2 rings (SSSR count). The van der Waals surface area contributed by atoms with Crippen LogP contribution in [0.3, 0.4) is 0 Å². The van der Waals surface area contributed by atoms with Gasteiger partial charge in [0.05, 0.1) is 23.0 Å². The predicted octanol–water partition coefficient (Wildman–Crippen LogP) is 3.69. The summed E-state index contributed by atoms with van der Waals surface area (Å²) in [5, 5.41) is 2.85. The summed E-state index contributed by atoms with van der Waals surface area (Å²) in [4.78, 5) is 19.7. The van der Waals surface area contributed by atoms with Crippen molar-refractivity contribution in [3.05, 3.63) is 29.6 Å². The van der Waals surface area contributed by atoms with Crippen LogP contribution in [0.15, 0.2) is 18.2 Å². The summed E-state index contributed by atoms with van der Waals surface area (Å²) in [6.45, 7) is 5.36. The van der Waals surface area contributed by atoms with E-state index in [1.807, 2.05) is 18.2 Å². The Hall–Kier alpha value is -1.80. The Bertz CT molecular complexity index is 903. The van der Waals surface area contributed by atoms with Gasteiger partial charge in [0, 0.05) is 12.0 Å². The third-order valence-corrected chi connectivity index (χ3v) is 5.07. The number of ether oxygens (including phenoxy) is 1. The number of carbonyl (C=O) groups excluding carboxylic acids is 1. The van der Waals surface area contributed by atoms with E-state index in [4.69, 9.17) is 16.3 Å². The van der Waals surface area contributed by atoms with Crippen molar-refractivity contribution in [1.29, 1.82) is 0 Å². The van der Waals surface area contributed by atoms with E-state index in [0.29, 0.717) is 18.7 Å². The molecule has 0 fully saturated rings. The lowest BCUT2D eigenvalue weighted by Crippen LogP contribution is -2.35. The van der Waals surface area contributed by atoms with Crippen LogP contribution in [0.2, 0.25) is 0 Å². The van der Waals surface area contributed by atoms with Gasteiger partial charge in [-0.2, -0.15) is 0 Å². The number of benzene rings is 1. The highest BCUT2D eigenvalue weighted by atomic mass is 35.5. The molecule has 7 nitrogen and oxygen atoms in total. The molecule has 1 amide bonds. The number of aromatic nitrogens is 2. The van der Waals surface area contributed by atoms with E-state index in [0.717, 1.165) is 16.6 Å². The van der Waals surface area contributed by atoms with Crippen molar-refractivity contribution in [2.45, 2.75) is 51.1 Å². The average Bonchev–Trinajstić information content (AvgIpc) is 2.93. The van der Waals surface area contributed by atoms with Crippen LogP contribution in [-0.2, 0) is 20.5 Å². The second-order valence-corrected chi connectivity index (χ2v) is 10.1. The fourth-order valence-corrected chi connectivity index (χ4v) is 3.50. The molecule has 0 aliphatic carbocycles. The second kappa shape index (κ2) is 8.48. The molecule has 0 radical (unpaired) electrons. The van der Waals surface area contributed by atoms with Crippen molar-refractivity contribution in [3.63, 3.8) is 0 Å². The number of hydrogen-bond acceptors (Lipinski definition) is 5. The Kier molecular flexibility index (Phi) is 6.75. The van der Waals surface area contributed by atoms with Gasteiger partial charge < -0.3 is 15.0 Å². The van der Waals surface area contributed by atoms with Crippen LogP contribution >= 0.6 is 11.6 Å². The first-order valence-electron chi connectivity index (χ1n) is 8.68. The molecule has 9 heteroatoms. The summed E-state index contributed by atoms with van der Waals surface area (Å²) in [6, 6.07) is 5.22. The minimum Gasteiger partial charge on any atom is -0.444 e. The molecule has 1 aromatic carbocycles. The van der Waals surface area contributed by atoms with E-state index < -0.39 is 21.5 Å². The van der Waals surface area contributed by atoms with Gasteiger partial charge in [-0.1, -0.05) is 6.07 Å². The summed E-state index contributed by atoms with van der Waals surface area (Å²) in [7, 11) is -3.07. The minimum absolute atomic E-state index is 0.0577. The number of halogens is 1. The fourth-order valence-electron chi connectivity index (χ4n) is 2.68. The highest BCUT2D eigenvalue weighted by Gasteiger charge is 2.21. The van der Waals surface area contributed by atoms with Crippen molar-refractivity contribution in [1.82, 2.24) is 15.3 Å². The quantitative estimate of drug-likeness (QED) is 0.671. The zero-order chi connectivity index (χ0) is 20.2. The zero-order valence-electron chi connectivity index (χ0n) is 16.0. The fraction of sp³-hybridized carbons (Fsp3) is 0.556. The van der Waals surface area contributed by atoms with Crippen molar-refractivity contribution in [2.75, 3.05) is 12.0 Å². The Morgan fingerprint density at radius 1 is 1.37 bits per heavy atom. The molecule has 1 unspecified atom stereocenters. The summed E-state index contributed by atoms with van der Waals surface area (Å²) in [5.41, 5.74) is 1.81. The number of aromatic amines is 1. The lowest BCUT2D eigenvalue weighted by atomic mass is 10.0. The molecule has 2 aromatic rings. The topological polar surface area (TPSA) is 101 Å². The smallest absolute Gasteiger partial charge is 0.408 e. The van der Waals surface area contributed by atoms with Gasteiger partial charge in [-0.05, 0) is 51.3 Å². The molecule has 0 saturated carbocycles. The van der Waals surface area contributed by atoms with Crippen molar-refractivity contribution < 1.29 is 17.9 Å². The molecule has 0 saturated heterocycles. The van der Waals surface area contributed by atoms with Gasteiger partial charge in [-0.3, -0.25) is 0 Å². The Morgan fingerprint density at radius 3 is 2.67 bits per heavy atom. The maximum atomic E-state index is 12.2. The van der Waals surface area contributed by atoms with Crippen LogP contribution in [0.4, 0.5) is 4.79 Å². The maximum absolute atomic E-state index is 12.2. The standard InChI is InChI=1S/C18H26ClN3O4S/c1-18(2,3)26-17(23)22-13(6-5-9-27(4,24)25)12-7-8-14-15(10-12)21-16(11-19)20-14/h7-8,10,13H,5-6,9,11H2,1-4H3,(H,20,21)(H,22,23). The normalized spacial score (nSPS) is 13.5. The van der Waals surface area contributed by atoms with Crippen LogP contribution < -0.4 is 5.32 Å². The third kappa shape index (κ3) is 7.03. The number of sulfone groups is 1. The van der Waals surface area contributed by atoms with Crippen LogP contribution in [0.25, 0.3) is 11.0 Å². The highest BCUT2D eigenvalue weighted by Crippen LogP contribution is 2.24. The highest BCUT2D eigenvalue weighted by molar-refractivity contribution is 7.90. The Labute approximate surface area is 164 Å². The molecule has 1 atom stereocenters. The number of fused-ring (bicyclic) bond motifs is 1. The number of amides is 1. The number of rotatable bonds is 7. The van der Waals surface area contributed by atoms with Crippen LogP contribution in [-0.4, -0.2) is 42.1 Å². The third-order valence-electron chi connectivity index (χ3n) is 3.78. The van der Waals surface area contributed by atoms with Gasteiger partial charge in [0.25, 0.3) is 0 Å². The van der Waals surface area contributed by atoms with Gasteiger partial charge in [-0.15, -0.1) is 11.6 Å². The summed E-state index contributed by atoms with van der Waals surface area (Å²) < 4.78 is 28.2. The van der Waals surface area contributed by atoms with Crippen molar-refractivity contribution in [2.24, 2.45) is 0 Å². The molecule has 1 heterocycles. The number of H-pyrrole nitrogens is 1. The van der Waals surface area contributed by atoms with Gasteiger partial charge in [0.15, 0.2) is 0 Å². The van der Waals surface area contributed by atoms with E-state index >= 15 is 0 Å². The lowest BCUT2D eigenvalue weighted by molar-refractivity contribution is 0.0501. The minimum atomic E-state index is -3.07. The first-order valence-corrected chi connectivity index (χ1v) is 11.3. The molecule has 0 spiro atoms. The first-order chi connectivity index (χ1) is 12.5. The molecular formula is C18H26ClN3O4S. The Morgan fingerprint density at radius 2 is 2.07 bits per heavy atom. The van der Waals surface area contributed by atoms with Gasteiger partial charge in [-0.25, -0.2) is 18.2 Å². The largest absolute Gasteiger partial charge is 0.444 e.